The first-order chi connectivity index (χ1) is 9.36. The number of carbonyl (C=O) groups is 3. The summed E-state index contributed by atoms with van der Waals surface area (Å²) in [5, 5.41) is 0. The summed E-state index contributed by atoms with van der Waals surface area (Å²) in [5.74, 6) is -1.34. The molecule has 0 saturated carbocycles. The molecule has 0 radical (unpaired) electrons. The minimum absolute atomic E-state index is 0.0319. The summed E-state index contributed by atoms with van der Waals surface area (Å²) in [7, 11) is 1.31. The maximum atomic E-state index is 12.0. The fraction of sp³-hybridized carbons (Fsp3) is 0.786. The van der Waals surface area contributed by atoms with Crippen LogP contribution in [0.4, 0.5) is 0 Å². The molecule has 1 heterocycles. The van der Waals surface area contributed by atoms with Crippen molar-refractivity contribution < 1.29 is 23.9 Å². The molecule has 0 aromatic heterocycles. The third kappa shape index (κ3) is 4.21. The Morgan fingerprint density at radius 1 is 1.15 bits per heavy atom. The lowest BCUT2D eigenvalue weighted by Crippen LogP contribution is -2.40. The molecule has 0 aromatic carbocycles. The van der Waals surface area contributed by atoms with Gasteiger partial charge in [0.2, 0.25) is 5.91 Å². The van der Waals surface area contributed by atoms with E-state index in [0.29, 0.717) is 25.9 Å². The van der Waals surface area contributed by atoms with Crippen LogP contribution in [0, 0.1) is 11.8 Å². The van der Waals surface area contributed by atoms with E-state index < -0.39 is 18.0 Å². The molecule has 1 rings (SSSR count). The molecule has 20 heavy (non-hydrogen) atoms. The van der Waals surface area contributed by atoms with Crippen LogP contribution in [0.2, 0.25) is 0 Å². The SMILES string of the molecule is COC(=O)C(C)C(C)OC(=O)C1CCN(C(C)=O)CC1. The Morgan fingerprint density at radius 2 is 1.70 bits per heavy atom. The van der Waals surface area contributed by atoms with Gasteiger partial charge in [0.25, 0.3) is 0 Å². The molecule has 1 saturated heterocycles. The summed E-state index contributed by atoms with van der Waals surface area (Å²) in [5.41, 5.74) is 0. The number of hydrogen-bond acceptors (Lipinski definition) is 5. The molecule has 1 aliphatic rings. The van der Waals surface area contributed by atoms with Crippen molar-refractivity contribution in [3.8, 4) is 0 Å². The Labute approximate surface area is 119 Å². The fourth-order valence-electron chi connectivity index (χ4n) is 2.19. The van der Waals surface area contributed by atoms with E-state index in [1.54, 1.807) is 18.7 Å². The Balaban J connectivity index is 2.44. The first-order valence-electron chi connectivity index (χ1n) is 6.90. The topological polar surface area (TPSA) is 72.9 Å². The van der Waals surface area contributed by atoms with Crippen LogP contribution in [-0.4, -0.2) is 49.0 Å². The summed E-state index contributed by atoms with van der Waals surface area (Å²) in [6, 6.07) is 0. The highest BCUT2D eigenvalue weighted by Crippen LogP contribution is 2.20. The predicted octanol–water partition coefficient (Wildman–Crippen LogP) is 0.986. The van der Waals surface area contributed by atoms with E-state index in [2.05, 4.69) is 4.74 Å². The van der Waals surface area contributed by atoms with Gasteiger partial charge in [-0.25, -0.2) is 0 Å². The third-order valence-electron chi connectivity index (χ3n) is 3.85. The monoisotopic (exact) mass is 285 g/mol. The molecule has 6 heteroatoms. The molecule has 0 N–H and O–H groups in total. The molecule has 0 aromatic rings. The van der Waals surface area contributed by atoms with Crippen LogP contribution in [0.25, 0.3) is 0 Å². The van der Waals surface area contributed by atoms with Crippen LogP contribution in [-0.2, 0) is 23.9 Å². The lowest BCUT2D eigenvalue weighted by Gasteiger charge is -2.31. The maximum Gasteiger partial charge on any atom is 0.312 e. The zero-order valence-corrected chi connectivity index (χ0v) is 12.5. The number of methoxy groups -OCH3 is 1. The average molecular weight is 285 g/mol. The molecule has 0 spiro atoms. The number of likely N-dealkylation sites (tertiary alicyclic amines) is 1. The largest absolute Gasteiger partial charge is 0.469 e. The number of nitrogens with zero attached hydrogens (tertiary/aromatic N) is 1. The number of carbonyl (C=O) groups excluding carboxylic acids is 3. The van der Waals surface area contributed by atoms with Crippen molar-refractivity contribution >= 4 is 17.8 Å². The van der Waals surface area contributed by atoms with Gasteiger partial charge in [-0.3, -0.25) is 14.4 Å². The van der Waals surface area contributed by atoms with Gasteiger partial charge in [-0.05, 0) is 26.7 Å². The van der Waals surface area contributed by atoms with Gasteiger partial charge in [0.1, 0.15) is 6.10 Å². The van der Waals surface area contributed by atoms with E-state index in [1.807, 2.05) is 0 Å². The third-order valence-corrected chi connectivity index (χ3v) is 3.85. The molecular formula is C14H23NO5. The van der Waals surface area contributed by atoms with Gasteiger partial charge in [-0.1, -0.05) is 0 Å². The van der Waals surface area contributed by atoms with Crippen molar-refractivity contribution in [2.24, 2.45) is 11.8 Å². The second kappa shape index (κ2) is 7.26. The summed E-state index contributed by atoms with van der Waals surface area (Å²) >= 11 is 0. The quantitative estimate of drug-likeness (QED) is 0.720. The summed E-state index contributed by atoms with van der Waals surface area (Å²) < 4.78 is 9.95. The highest BCUT2D eigenvalue weighted by Gasteiger charge is 2.30. The first-order valence-corrected chi connectivity index (χ1v) is 6.90. The van der Waals surface area contributed by atoms with Gasteiger partial charge in [0, 0.05) is 20.0 Å². The van der Waals surface area contributed by atoms with E-state index in [1.165, 1.54) is 14.0 Å². The fourth-order valence-corrected chi connectivity index (χ4v) is 2.19. The van der Waals surface area contributed by atoms with Crippen molar-refractivity contribution in [1.29, 1.82) is 0 Å². The van der Waals surface area contributed by atoms with Crippen LogP contribution < -0.4 is 0 Å². The van der Waals surface area contributed by atoms with E-state index in [4.69, 9.17) is 4.74 Å². The average Bonchev–Trinajstić information content (AvgIpc) is 2.45. The molecule has 1 fully saturated rings. The zero-order valence-electron chi connectivity index (χ0n) is 12.5. The van der Waals surface area contributed by atoms with Gasteiger partial charge >= 0.3 is 11.9 Å². The lowest BCUT2D eigenvalue weighted by atomic mass is 9.96. The number of esters is 2. The standard InChI is InChI=1S/C14H23NO5/c1-9(13(17)19-4)10(2)20-14(18)12-5-7-15(8-6-12)11(3)16/h9-10,12H,5-8H2,1-4H3. The van der Waals surface area contributed by atoms with Gasteiger partial charge in [0.05, 0.1) is 18.9 Å². The van der Waals surface area contributed by atoms with E-state index in [-0.39, 0.29) is 17.8 Å². The molecular weight excluding hydrogens is 262 g/mol. The minimum atomic E-state index is -0.513. The van der Waals surface area contributed by atoms with Crippen molar-refractivity contribution in [2.45, 2.75) is 39.7 Å². The number of piperidine rings is 1. The highest BCUT2D eigenvalue weighted by atomic mass is 16.6. The van der Waals surface area contributed by atoms with E-state index in [0.717, 1.165) is 0 Å². The summed E-state index contributed by atoms with van der Waals surface area (Å²) in [6.07, 6.45) is 0.705. The number of amides is 1. The van der Waals surface area contributed by atoms with E-state index >= 15 is 0 Å². The summed E-state index contributed by atoms with van der Waals surface area (Å²) in [4.78, 5) is 36.3. The van der Waals surface area contributed by atoms with Crippen molar-refractivity contribution in [2.75, 3.05) is 20.2 Å². The Kier molecular flexibility index (Phi) is 5.98. The second-order valence-electron chi connectivity index (χ2n) is 5.23. The van der Waals surface area contributed by atoms with Crippen molar-refractivity contribution in [1.82, 2.24) is 4.90 Å². The molecule has 6 nitrogen and oxygen atoms in total. The van der Waals surface area contributed by atoms with Crippen molar-refractivity contribution in [3.05, 3.63) is 0 Å². The minimum Gasteiger partial charge on any atom is -0.469 e. The van der Waals surface area contributed by atoms with Crippen LogP contribution in [0.3, 0.4) is 0 Å². The van der Waals surface area contributed by atoms with Gasteiger partial charge in [-0.2, -0.15) is 0 Å². The van der Waals surface area contributed by atoms with Gasteiger partial charge < -0.3 is 14.4 Å². The molecule has 2 unspecified atom stereocenters. The Hall–Kier alpha value is -1.59. The maximum absolute atomic E-state index is 12.0. The normalized spacial score (nSPS) is 19.1. The van der Waals surface area contributed by atoms with Gasteiger partial charge in [0.15, 0.2) is 0 Å². The Bertz CT molecular complexity index is 374. The summed E-state index contributed by atoms with van der Waals surface area (Å²) in [6.45, 7) is 6.04. The first kappa shape index (κ1) is 16.5. The number of hydrogen-bond donors (Lipinski definition) is 0. The van der Waals surface area contributed by atoms with Crippen LogP contribution in [0.1, 0.15) is 33.6 Å². The number of rotatable bonds is 4. The molecule has 1 amide bonds. The zero-order chi connectivity index (χ0) is 15.3. The smallest absolute Gasteiger partial charge is 0.312 e. The van der Waals surface area contributed by atoms with Gasteiger partial charge in [-0.15, -0.1) is 0 Å². The molecule has 1 aliphatic heterocycles. The van der Waals surface area contributed by atoms with Crippen LogP contribution >= 0.6 is 0 Å². The van der Waals surface area contributed by atoms with Crippen LogP contribution in [0.15, 0.2) is 0 Å². The highest BCUT2D eigenvalue weighted by molar-refractivity contribution is 5.76. The number of ether oxygens (including phenoxy) is 2. The molecule has 0 bridgehead atoms. The van der Waals surface area contributed by atoms with Crippen molar-refractivity contribution in [3.63, 3.8) is 0 Å². The van der Waals surface area contributed by atoms with E-state index in [9.17, 15) is 14.4 Å². The second-order valence-corrected chi connectivity index (χ2v) is 5.23. The van der Waals surface area contributed by atoms with Crippen LogP contribution in [0.5, 0.6) is 0 Å². The lowest BCUT2D eigenvalue weighted by molar-refractivity contribution is -0.163. The molecule has 114 valence electrons. The molecule has 0 aliphatic carbocycles. The predicted molar refractivity (Wildman–Crippen MR) is 71.7 cm³/mol. The molecule has 2 atom stereocenters. The Morgan fingerprint density at radius 3 is 2.15 bits per heavy atom.